The zero-order valence-corrected chi connectivity index (χ0v) is 10.7. The molecule has 1 fully saturated rings. The first kappa shape index (κ1) is 13.0. The molecule has 1 saturated heterocycles. The van der Waals surface area contributed by atoms with Crippen molar-refractivity contribution in [1.82, 2.24) is 10.2 Å². The standard InChI is InChI=1S/C14H19FN2O/c1-17(13-3-2-8-16-10-13)14(18)9-11-4-6-12(15)7-5-11/h4-7,13,16H,2-3,8-10H2,1H3. The predicted octanol–water partition coefficient (Wildman–Crippen LogP) is 1.58. The molecule has 3 nitrogen and oxygen atoms in total. The SMILES string of the molecule is CN(C(=O)Cc1ccc(F)cc1)C1CCCNC1. The van der Waals surface area contributed by atoms with Crippen LogP contribution in [0.2, 0.25) is 0 Å². The van der Waals surface area contributed by atoms with Crippen LogP contribution in [0.5, 0.6) is 0 Å². The number of carbonyl (C=O) groups excluding carboxylic acids is 1. The molecular formula is C14H19FN2O. The van der Waals surface area contributed by atoms with Gasteiger partial charge in [0.15, 0.2) is 0 Å². The fourth-order valence-electron chi connectivity index (χ4n) is 2.27. The fraction of sp³-hybridized carbons (Fsp3) is 0.500. The van der Waals surface area contributed by atoms with Gasteiger partial charge in [-0.15, -0.1) is 0 Å². The van der Waals surface area contributed by atoms with E-state index in [1.54, 1.807) is 12.1 Å². The summed E-state index contributed by atoms with van der Waals surface area (Å²) in [5.41, 5.74) is 0.858. The second kappa shape index (κ2) is 5.96. The molecule has 1 aromatic rings. The van der Waals surface area contributed by atoms with E-state index in [4.69, 9.17) is 0 Å². The summed E-state index contributed by atoms with van der Waals surface area (Å²) >= 11 is 0. The Morgan fingerprint density at radius 3 is 2.78 bits per heavy atom. The molecule has 1 heterocycles. The van der Waals surface area contributed by atoms with Crippen LogP contribution in [0.3, 0.4) is 0 Å². The normalized spacial score (nSPS) is 19.6. The maximum atomic E-state index is 12.8. The van der Waals surface area contributed by atoms with Crippen molar-refractivity contribution in [1.29, 1.82) is 0 Å². The van der Waals surface area contributed by atoms with E-state index in [9.17, 15) is 9.18 Å². The summed E-state index contributed by atoms with van der Waals surface area (Å²) in [4.78, 5) is 13.9. The molecule has 1 unspecified atom stereocenters. The molecule has 1 aliphatic rings. The van der Waals surface area contributed by atoms with Gasteiger partial charge in [0.2, 0.25) is 5.91 Å². The Morgan fingerprint density at radius 2 is 2.17 bits per heavy atom. The quantitative estimate of drug-likeness (QED) is 0.883. The van der Waals surface area contributed by atoms with Crippen molar-refractivity contribution in [2.75, 3.05) is 20.1 Å². The number of nitrogens with one attached hydrogen (secondary N) is 1. The molecule has 98 valence electrons. The average Bonchev–Trinajstić information content (AvgIpc) is 2.41. The molecule has 1 N–H and O–H groups in total. The lowest BCUT2D eigenvalue weighted by Crippen LogP contribution is -2.47. The molecule has 0 aliphatic carbocycles. The molecule has 1 aromatic carbocycles. The largest absolute Gasteiger partial charge is 0.341 e. The Bertz CT molecular complexity index is 399. The first-order valence-corrected chi connectivity index (χ1v) is 6.37. The highest BCUT2D eigenvalue weighted by atomic mass is 19.1. The Hall–Kier alpha value is -1.42. The highest BCUT2D eigenvalue weighted by molar-refractivity contribution is 5.78. The number of piperidine rings is 1. The molecule has 0 bridgehead atoms. The monoisotopic (exact) mass is 250 g/mol. The lowest BCUT2D eigenvalue weighted by molar-refractivity contribution is -0.131. The molecule has 4 heteroatoms. The van der Waals surface area contributed by atoms with E-state index < -0.39 is 0 Å². The highest BCUT2D eigenvalue weighted by Gasteiger charge is 2.21. The summed E-state index contributed by atoms with van der Waals surface area (Å²) in [7, 11) is 1.85. The summed E-state index contributed by atoms with van der Waals surface area (Å²) in [6.45, 7) is 1.90. The smallest absolute Gasteiger partial charge is 0.227 e. The van der Waals surface area contributed by atoms with Gasteiger partial charge in [-0.2, -0.15) is 0 Å². The number of nitrogens with zero attached hydrogens (tertiary/aromatic N) is 1. The number of likely N-dealkylation sites (N-methyl/N-ethyl adjacent to an activating group) is 1. The van der Waals surface area contributed by atoms with E-state index in [1.807, 2.05) is 11.9 Å². The van der Waals surface area contributed by atoms with Crippen LogP contribution in [-0.2, 0) is 11.2 Å². The molecule has 2 rings (SSSR count). The number of hydrogen-bond acceptors (Lipinski definition) is 2. The molecule has 18 heavy (non-hydrogen) atoms. The zero-order chi connectivity index (χ0) is 13.0. The van der Waals surface area contributed by atoms with E-state index in [1.165, 1.54) is 12.1 Å². The third-order valence-corrected chi connectivity index (χ3v) is 3.48. The lowest BCUT2D eigenvalue weighted by atomic mass is 10.0. The minimum Gasteiger partial charge on any atom is -0.341 e. The van der Waals surface area contributed by atoms with Crippen molar-refractivity contribution < 1.29 is 9.18 Å². The van der Waals surface area contributed by atoms with E-state index in [2.05, 4.69) is 5.32 Å². The van der Waals surface area contributed by atoms with Crippen LogP contribution < -0.4 is 5.32 Å². The van der Waals surface area contributed by atoms with Crippen molar-refractivity contribution in [3.8, 4) is 0 Å². The van der Waals surface area contributed by atoms with Crippen molar-refractivity contribution in [2.45, 2.75) is 25.3 Å². The third kappa shape index (κ3) is 3.29. The molecule has 1 atom stereocenters. The van der Waals surface area contributed by atoms with Crippen LogP contribution in [0, 0.1) is 5.82 Å². The zero-order valence-electron chi connectivity index (χ0n) is 10.7. The highest BCUT2D eigenvalue weighted by Crippen LogP contribution is 2.11. The first-order chi connectivity index (χ1) is 8.66. The van der Waals surface area contributed by atoms with Gasteiger partial charge in [-0.3, -0.25) is 4.79 Å². The van der Waals surface area contributed by atoms with E-state index in [0.717, 1.165) is 31.5 Å². The van der Waals surface area contributed by atoms with Crippen LogP contribution in [0.15, 0.2) is 24.3 Å². The summed E-state index contributed by atoms with van der Waals surface area (Å²) in [6, 6.07) is 6.40. The van der Waals surface area contributed by atoms with Crippen molar-refractivity contribution in [2.24, 2.45) is 0 Å². The van der Waals surface area contributed by atoms with E-state index in [0.29, 0.717) is 6.42 Å². The van der Waals surface area contributed by atoms with Gasteiger partial charge in [-0.25, -0.2) is 4.39 Å². The van der Waals surface area contributed by atoms with Gasteiger partial charge in [0.1, 0.15) is 5.82 Å². The van der Waals surface area contributed by atoms with Crippen LogP contribution >= 0.6 is 0 Å². The second-order valence-electron chi connectivity index (χ2n) is 4.81. The van der Waals surface area contributed by atoms with Gasteiger partial charge in [-0.1, -0.05) is 12.1 Å². The Balaban J connectivity index is 1.92. The molecular weight excluding hydrogens is 231 g/mol. The van der Waals surface area contributed by atoms with E-state index in [-0.39, 0.29) is 17.8 Å². The molecule has 0 aromatic heterocycles. The van der Waals surface area contributed by atoms with Gasteiger partial charge < -0.3 is 10.2 Å². The maximum absolute atomic E-state index is 12.8. The summed E-state index contributed by atoms with van der Waals surface area (Å²) in [6.07, 6.45) is 2.50. The number of halogens is 1. The predicted molar refractivity (Wildman–Crippen MR) is 68.8 cm³/mol. The van der Waals surface area contributed by atoms with Crippen molar-refractivity contribution in [3.05, 3.63) is 35.6 Å². The Labute approximate surface area is 107 Å². The summed E-state index contributed by atoms with van der Waals surface area (Å²) < 4.78 is 12.8. The van der Waals surface area contributed by atoms with E-state index >= 15 is 0 Å². The topological polar surface area (TPSA) is 32.3 Å². The number of rotatable bonds is 3. The third-order valence-electron chi connectivity index (χ3n) is 3.48. The summed E-state index contributed by atoms with van der Waals surface area (Å²) in [5, 5.41) is 3.30. The summed E-state index contributed by atoms with van der Waals surface area (Å²) in [5.74, 6) is -0.175. The van der Waals surface area contributed by atoms with Crippen molar-refractivity contribution in [3.63, 3.8) is 0 Å². The molecule has 0 saturated carbocycles. The fourth-order valence-corrected chi connectivity index (χ4v) is 2.27. The van der Waals surface area contributed by atoms with Gasteiger partial charge in [0, 0.05) is 19.6 Å². The number of carbonyl (C=O) groups is 1. The van der Waals surface area contributed by atoms with Crippen LogP contribution in [0.25, 0.3) is 0 Å². The van der Waals surface area contributed by atoms with Crippen LogP contribution in [0.1, 0.15) is 18.4 Å². The minimum atomic E-state index is -0.268. The molecule has 1 amide bonds. The molecule has 0 spiro atoms. The number of hydrogen-bond donors (Lipinski definition) is 1. The average molecular weight is 250 g/mol. The van der Waals surface area contributed by atoms with Gasteiger partial charge in [0.25, 0.3) is 0 Å². The Morgan fingerprint density at radius 1 is 1.44 bits per heavy atom. The maximum Gasteiger partial charge on any atom is 0.227 e. The molecule has 1 aliphatic heterocycles. The van der Waals surface area contributed by atoms with Crippen LogP contribution in [-0.4, -0.2) is 37.0 Å². The molecule has 0 radical (unpaired) electrons. The first-order valence-electron chi connectivity index (χ1n) is 6.37. The second-order valence-corrected chi connectivity index (χ2v) is 4.81. The Kier molecular flexibility index (Phi) is 4.31. The van der Waals surface area contributed by atoms with Crippen molar-refractivity contribution >= 4 is 5.91 Å². The van der Waals surface area contributed by atoms with Gasteiger partial charge in [0.05, 0.1) is 6.42 Å². The van der Waals surface area contributed by atoms with Gasteiger partial charge in [-0.05, 0) is 37.1 Å². The van der Waals surface area contributed by atoms with Crippen LogP contribution in [0.4, 0.5) is 4.39 Å². The number of benzene rings is 1. The van der Waals surface area contributed by atoms with Gasteiger partial charge >= 0.3 is 0 Å². The minimum absolute atomic E-state index is 0.0929. The lowest BCUT2D eigenvalue weighted by Gasteiger charge is -2.31. The number of amides is 1.